The van der Waals surface area contributed by atoms with Gasteiger partial charge in [0.1, 0.15) is 0 Å². The third-order valence-electron chi connectivity index (χ3n) is 4.20. The van der Waals surface area contributed by atoms with Gasteiger partial charge in [-0.25, -0.2) is 0 Å². The summed E-state index contributed by atoms with van der Waals surface area (Å²) in [5, 5.41) is 1.23. The van der Waals surface area contributed by atoms with Gasteiger partial charge in [0.15, 0.2) is 0 Å². The van der Waals surface area contributed by atoms with E-state index in [-0.39, 0.29) is 0 Å². The average Bonchev–Trinajstić information content (AvgIpc) is 2.04. The zero-order valence-corrected chi connectivity index (χ0v) is 9.02. The third kappa shape index (κ3) is 0.998. The van der Waals surface area contributed by atoms with E-state index in [2.05, 4.69) is 29.8 Å². The van der Waals surface area contributed by atoms with Crippen LogP contribution in [0.5, 0.6) is 0 Å². The van der Waals surface area contributed by atoms with Crippen LogP contribution >= 0.6 is 15.9 Å². The maximum Gasteiger partial charge on any atom is 0.00625 e. The van der Waals surface area contributed by atoms with Crippen LogP contribution in [0, 0.1) is 23.2 Å². The fourth-order valence-corrected chi connectivity index (χ4v) is 3.92. The van der Waals surface area contributed by atoms with Crippen molar-refractivity contribution in [2.24, 2.45) is 23.2 Å². The summed E-state index contributed by atoms with van der Waals surface area (Å²) in [7, 11) is 0. The molecule has 0 aromatic carbocycles. The number of alkyl halides is 1. The Hall–Kier alpha value is 0.480. The van der Waals surface area contributed by atoms with E-state index >= 15 is 0 Å². The number of hydrogen-bond acceptors (Lipinski definition) is 0. The zero-order valence-electron chi connectivity index (χ0n) is 7.44. The van der Waals surface area contributed by atoms with E-state index in [1.54, 1.807) is 0 Å². The molecule has 0 aromatic rings. The van der Waals surface area contributed by atoms with Gasteiger partial charge in [-0.05, 0) is 42.4 Å². The summed E-state index contributed by atoms with van der Waals surface area (Å²) in [5.41, 5.74) is 0.677. The quantitative estimate of drug-likeness (QED) is 0.590. The van der Waals surface area contributed by atoms with Crippen LogP contribution in [0.3, 0.4) is 0 Å². The molecule has 3 aliphatic carbocycles. The first-order valence-electron chi connectivity index (χ1n) is 4.72. The molecule has 0 radical (unpaired) electrons. The van der Waals surface area contributed by atoms with E-state index in [0.29, 0.717) is 5.41 Å². The summed E-state index contributed by atoms with van der Waals surface area (Å²) in [5.74, 6) is 3.07. The average molecular weight is 217 g/mol. The summed E-state index contributed by atoms with van der Waals surface area (Å²) in [6.45, 7) is 4.92. The first-order valence-corrected chi connectivity index (χ1v) is 5.84. The highest BCUT2D eigenvalue weighted by Gasteiger charge is 2.53. The van der Waals surface area contributed by atoms with Crippen LogP contribution in [0.4, 0.5) is 0 Å². The molecule has 2 bridgehead atoms. The third-order valence-corrected chi connectivity index (χ3v) is 5.03. The molecule has 0 spiro atoms. The monoisotopic (exact) mass is 216 g/mol. The highest BCUT2D eigenvalue weighted by Crippen LogP contribution is 2.61. The van der Waals surface area contributed by atoms with Crippen LogP contribution in [0.1, 0.15) is 33.1 Å². The molecule has 11 heavy (non-hydrogen) atoms. The number of halogens is 1. The van der Waals surface area contributed by atoms with Gasteiger partial charge in [0.25, 0.3) is 0 Å². The van der Waals surface area contributed by atoms with Crippen molar-refractivity contribution in [3.63, 3.8) is 0 Å². The predicted octanol–water partition coefficient (Wildman–Crippen LogP) is 3.45. The second-order valence-corrected chi connectivity index (χ2v) is 5.50. The van der Waals surface area contributed by atoms with Gasteiger partial charge in [0.05, 0.1) is 0 Å². The highest BCUT2D eigenvalue weighted by molar-refractivity contribution is 9.09. The zero-order chi connectivity index (χ0) is 8.06. The van der Waals surface area contributed by atoms with E-state index in [1.165, 1.54) is 24.6 Å². The molecule has 1 heteroatoms. The van der Waals surface area contributed by atoms with Gasteiger partial charge in [-0.1, -0.05) is 29.8 Å². The largest absolute Gasteiger partial charge is 0.0925 e. The van der Waals surface area contributed by atoms with Crippen molar-refractivity contribution in [3.05, 3.63) is 0 Å². The lowest BCUT2D eigenvalue weighted by atomic mass is 9.46. The minimum Gasteiger partial charge on any atom is -0.0925 e. The highest BCUT2D eigenvalue weighted by atomic mass is 79.9. The summed E-state index contributed by atoms with van der Waals surface area (Å²) in [4.78, 5) is 0. The molecule has 0 nitrogen and oxygen atoms in total. The Morgan fingerprint density at radius 2 is 2.09 bits per heavy atom. The van der Waals surface area contributed by atoms with Gasteiger partial charge in [-0.3, -0.25) is 0 Å². The first-order chi connectivity index (χ1) is 5.16. The lowest BCUT2D eigenvalue weighted by Crippen LogP contribution is -2.52. The topological polar surface area (TPSA) is 0 Å². The molecular formula is C10H17Br. The second-order valence-electron chi connectivity index (χ2n) is 4.85. The van der Waals surface area contributed by atoms with Crippen LogP contribution in [0.2, 0.25) is 0 Å². The SMILES string of the molecule is CC1(C)[C@@H]2CC[C@@H](CBr)[C@H]1C2. The van der Waals surface area contributed by atoms with Gasteiger partial charge in [-0.15, -0.1) is 0 Å². The van der Waals surface area contributed by atoms with Crippen molar-refractivity contribution < 1.29 is 0 Å². The molecule has 0 saturated heterocycles. The molecule has 0 aromatic heterocycles. The molecule has 3 aliphatic rings. The Bertz CT molecular complexity index is 160. The molecular weight excluding hydrogens is 200 g/mol. The fraction of sp³-hybridized carbons (Fsp3) is 1.00. The minimum atomic E-state index is 0.677. The molecule has 0 amide bonds. The summed E-state index contributed by atoms with van der Waals surface area (Å²) in [6, 6.07) is 0. The van der Waals surface area contributed by atoms with E-state index in [0.717, 1.165) is 17.8 Å². The van der Waals surface area contributed by atoms with Crippen molar-refractivity contribution in [1.82, 2.24) is 0 Å². The van der Waals surface area contributed by atoms with E-state index < -0.39 is 0 Å². The van der Waals surface area contributed by atoms with Gasteiger partial charge < -0.3 is 0 Å². The van der Waals surface area contributed by atoms with Gasteiger partial charge in [-0.2, -0.15) is 0 Å². The van der Waals surface area contributed by atoms with Crippen molar-refractivity contribution in [1.29, 1.82) is 0 Å². The molecule has 3 atom stereocenters. The molecule has 0 N–H and O–H groups in total. The maximum atomic E-state index is 3.63. The van der Waals surface area contributed by atoms with Gasteiger partial charge in [0, 0.05) is 5.33 Å². The summed E-state index contributed by atoms with van der Waals surface area (Å²) >= 11 is 3.63. The smallest absolute Gasteiger partial charge is 0.00625 e. The first kappa shape index (κ1) is 8.10. The molecule has 64 valence electrons. The molecule has 0 unspecified atom stereocenters. The molecule has 3 rings (SSSR count). The van der Waals surface area contributed by atoms with E-state index in [4.69, 9.17) is 0 Å². The van der Waals surface area contributed by atoms with Crippen molar-refractivity contribution in [3.8, 4) is 0 Å². The Balaban J connectivity index is 2.10. The number of rotatable bonds is 1. The molecule has 3 saturated carbocycles. The van der Waals surface area contributed by atoms with Crippen LogP contribution in [-0.2, 0) is 0 Å². The van der Waals surface area contributed by atoms with Crippen LogP contribution in [0.25, 0.3) is 0 Å². The van der Waals surface area contributed by atoms with Gasteiger partial charge in [0.2, 0.25) is 0 Å². The van der Waals surface area contributed by atoms with E-state index in [1.807, 2.05) is 0 Å². The van der Waals surface area contributed by atoms with Crippen molar-refractivity contribution in [2.45, 2.75) is 33.1 Å². The van der Waals surface area contributed by atoms with E-state index in [9.17, 15) is 0 Å². The van der Waals surface area contributed by atoms with Crippen molar-refractivity contribution in [2.75, 3.05) is 5.33 Å². The standard InChI is InChI=1S/C10H17Br/c1-10(2)8-4-3-7(6-11)9(10)5-8/h7-9H,3-6H2,1-2H3/t7-,8+,9+/m0/s1. The minimum absolute atomic E-state index is 0.677. The van der Waals surface area contributed by atoms with Crippen molar-refractivity contribution >= 4 is 15.9 Å². The van der Waals surface area contributed by atoms with Crippen LogP contribution in [-0.4, -0.2) is 5.33 Å². The summed E-state index contributed by atoms with van der Waals surface area (Å²) < 4.78 is 0. The Kier molecular flexibility index (Phi) is 1.83. The number of hydrogen-bond donors (Lipinski definition) is 0. The van der Waals surface area contributed by atoms with Crippen LogP contribution in [0.15, 0.2) is 0 Å². The lowest BCUT2D eigenvalue weighted by molar-refractivity contribution is -0.0970. The molecule has 0 aliphatic heterocycles. The Labute approximate surface area is 77.9 Å². The normalized spacial score (nSPS) is 46.6. The summed E-state index contributed by atoms with van der Waals surface area (Å²) in [6.07, 6.45) is 4.48. The second kappa shape index (κ2) is 2.48. The number of fused-ring (bicyclic) bond motifs is 2. The lowest BCUT2D eigenvalue weighted by Gasteiger charge is -2.60. The molecule has 3 fully saturated rings. The maximum absolute atomic E-state index is 3.63. The Morgan fingerprint density at radius 1 is 1.36 bits per heavy atom. The fourth-order valence-electron chi connectivity index (χ4n) is 3.15. The Morgan fingerprint density at radius 3 is 2.45 bits per heavy atom. The molecule has 0 heterocycles. The predicted molar refractivity (Wildman–Crippen MR) is 51.9 cm³/mol. The van der Waals surface area contributed by atoms with Gasteiger partial charge >= 0.3 is 0 Å². The van der Waals surface area contributed by atoms with Crippen LogP contribution < -0.4 is 0 Å².